The van der Waals surface area contributed by atoms with E-state index in [0.29, 0.717) is 18.8 Å². The zero-order valence-corrected chi connectivity index (χ0v) is 15.3. The lowest BCUT2D eigenvalue weighted by atomic mass is 10.2. The molecule has 140 valence electrons. The van der Waals surface area contributed by atoms with Crippen molar-refractivity contribution in [3.8, 4) is 11.5 Å². The lowest BCUT2D eigenvalue weighted by Crippen LogP contribution is -2.29. The van der Waals surface area contributed by atoms with Crippen LogP contribution in [-0.2, 0) is 24.9 Å². The Kier molecular flexibility index (Phi) is 4.35. The van der Waals surface area contributed by atoms with E-state index in [-0.39, 0.29) is 24.8 Å². The Morgan fingerprint density at radius 2 is 1.85 bits per heavy atom. The molecule has 1 amide bonds. The van der Waals surface area contributed by atoms with Gasteiger partial charge in [-0.05, 0) is 29.8 Å². The summed E-state index contributed by atoms with van der Waals surface area (Å²) in [5.41, 5.74) is 2.57. The summed E-state index contributed by atoms with van der Waals surface area (Å²) in [6, 6.07) is 13.3. The molecular formula is C20H21N3O4. The van der Waals surface area contributed by atoms with E-state index >= 15 is 0 Å². The van der Waals surface area contributed by atoms with Crippen molar-refractivity contribution in [1.82, 2.24) is 14.0 Å². The van der Waals surface area contributed by atoms with E-state index in [9.17, 15) is 9.59 Å². The van der Waals surface area contributed by atoms with Crippen LogP contribution < -0.4 is 15.2 Å². The van der Waals surface area contributed by atoms with Crippen LogP contribution in [0.4, 0.5) is 0 Å². The molecule has 0 radical (unpaired) electrons. The monoisotopic (exact) mass is 367 g/mol. The highest BCUT2D eigenvalue weighted by molar-refractivity contribution is 5.78. The number of fused-ring (bicyclic) bond motifs is 2. The third-order valence-electron chi connectivity index (χ3n) is 4.88. The second-order valence-corrected chi connectivity index (χ2v) is 6.67. The summed E-state index contributed by atoms with van der Waals surface area (Å²) in [7, 11) is 3.51. The maximum Gasteiger partial charge on any atom is 0.328 e. The van der Waals surface area contributed by atoms with Crippen LogP contribution in [0.2, 0.25) is 0 Å². The fraction of sp³-hybridized carbons (Fsp3) is 0.300. The molecule has 0 bridgehead atoms. The topological polar surface area (TPSA) is 65.7 Å². The molecule has 0 saturated heterocycles. The van der Waals surface area contributed by atoms with Crippen LogP contribution in [0.3, 0.4) is 0 Å². The summed E-state index contributed by atoms with van der Waals surface area (Å²) < 4.78 is 13.9. The zero-order chi connectivity index (χ0) is 19.0. The van der Waals surface area contributed by atoms with Crippen LogP contribution >= 0.6 is 0 Å². The van der Waals surface area contributed by atoms with Gasteiger partial charge in [-0.25, -0.2) is 4.79 Å². The summed E-state index contributed by atoms with van der Waals surface area (Å²) in [6.45, 7) is 1.05. The van der Waals surface area contributed by atoms with Crippen molar-refractivity contribution in [2.45, 2.75) is 19.5 Å². The molecule has 0 fully saturated rings. The molecule has 0 spiro atoms. The molecule has 0 aliphatic carbocycles. The molecule has 0 saturated carbocycles. The van der Waals surface area contributed by atoms with Crippen LogP contribution in [0.5, 0.6) is 11.5 Å². The van der Waals surface area contributed by atoms with E-state index < -0.39 is 0 Å². The van der Waals surface area contributed by atoms with Crippen LogP contribution in [0, 0.1) is 0 Å². The first kappa shape index (κ1) is 17.2. The van der Waals surface area contributed by atoms with Crippen LogP contribution in [-0.4, -0.2) is 33.8 Å². The van der Waals surface area contributed by atoms with E-state index in [1.807, 2.05) is 42.5 Å². The molecule has 3 aromatic rings. The van der Waals surface area contributed by atoms with Crippen molar-refractivity contribution in [2.24, 2.45) is 7.05 Å². The number of nitrogens with zero attached hydrogens (tertiary/aromatic N) is 3. The van der Waals surface area contributed by atoms with Gasteiger partial charge in [0.2, 0.25) is 12.7 Å². The van der Waals surface area contributed by atoms with Crippen molar-refractivity contribution in [3.05, 3.63) is 58.5 Å². The molecule has 4 rings (SSSR count). The summed E-state index contributed by atoms with van der Waals surface area (Å²) in [4.78, 5) is 26.7. The second kappa shape index (κ2) is 6.83. The Bertz CT molecular complexity index is 1070. The fourth-order valence-corrected chi connectivity index (χ4v) is 3.38. The summed E-state index contributed by atoms with van der Waals surface area (Å²) >= 11 is 0. The Morgan fingerprint density at radius 1 is 1.11 bits per heavy atom. The van der Waals surface area contributed by atoms with Gasteiger partial charge in [-0.2, -0.15) is 0 Å². The molecule has 0 unspecified atom stereocenters. The quantitative estimate of drug-likeness (QED) is 0.693. The van der Waals surface area contributed by atoms with Gasteiger partial charge in [0, 0.05) is 33.6 Å². The van der Waals surface area contributed by atoms with Crippen molar-refractivity contribution in [1.29, 1.82) is 0 Å². The van der Waals surface area contributed by atoms with E-state index in [4.69, 9.17) is 9.47 Å². The van der Waals surface area contributed by atoms with Gasteiger partial charge in [-0.15, -0.1) is 0 Å². The number of aromatic nitrogens is 2. The first-order chi connectivity index (χ1) is 13.0. The van der Waals surface area contributed by atoms with Crippen molar-refractivity contribution in [3.63, 3.8) is 0 Å². The van der Waals surface area contributed by atoms with Gasteiger partial charge in [0.15, 0.2) is 11.5 Å². The van der Waals surface area contributed by atoms with Crippen LogP contribution in [0.25, 0.3) is 11.0 Å². The van der Waals surface area contributed by atoms with Gasteiger partial charge < -0.3 is 14.4 Å². The van der Waals surface area contributed by atoms with Gasteiger partial charge in [0.1, 0.15) is 0 Å². The highest BCUT2D eigenvalue weighted by Crippen LogP contribution is 2.32. The van der Waals surface area contributed by atoms with Crippen LogP contribution in [0.1, 0.15) is 12.0 Å². The molecule has 1 aliphatic heterocycles. The van der Waals surface area contributed by atoms with Gasteiger partial charge in [0.05, 0.1) is 11.0 Å². The molecular weight excluding hydrogens is 346 g/mol. The van der Waals surface area contributed by atoms with E-state index in [0.717, 1.165) is 22.3 Å². The third kappa shape index (κ3) is 3.16. The average Bonchev–Trinajstić information content (AvgIpc) is 3.23. The molecule has 0 atom stereocenters. The summed E-state index contributed by atoms with van der Waals surface area (Å²) in [5, 5.41) is 0. The van der Waals surface area contributed by atoms with Gasteiger partial charge in [0.25, 0.3) is 0 Å². The maximum atomic E-state index is 12.6. The minimum Gasteiger partial charge on any atom is -0.454 e. The largest absolute Gasteiger partial charge is 0.454 e. The first-order valence-corrected chi connectivity index (χ1v) is 8.81. The molecule has 27 heavy (non-hydrogen) atoms. The Balaban J connectivity index is 1.44. The number of aryl methyl sites for hydroxylation is 2. The lowest BCUT2D eigenvalue weighted by molar-refractivity contribution is -0.130. The number of hydrogen-bond donors (Lipinski definition) is 0. The first-order valence-electron chi connectivity index (χ1n) is 8.81. The average molecular weight is 367 g/mol. The molecule has 1 aromatic heterocycles. The number of rotatable bonds is 5. The smallest absolute Gasteiger partial charge is 0.328 e. The minimum absolute atomic E-state index is 0.0208. The third-order valence-corrected chi connectivity index (χ3v) is 4.88. The van der Waals surface area contributed by atoms with Crippen LogP contribution in [0.15, 0.2) is 47.3 Å². The number of carbonyl (C=O) groups is 1. The zero-order valence-electron chi connectivity index (χ0n) is 15.3. The van der Waals surface area contributed by atoms with E-state index in [2.05, 4.69) is 0 Å². The Morgan fingerprint density at radius 3 is 2.67 bits per heavy atom. The minimum atomic E-state index is -0.109. The standard InChI is InChI=1S/C20H21N3O4/c1-21(12-14-7-8-17-18(11-14)27-13-26-17)19(24)9-10-23-16-6-4-3-5-15(16)22(2)20(23)25/h3-8,11H,9-10,12-13H2,1-2H3. The van der Waals surface area contributed by atoms with E-state index in [1.54, 1.807) is 28.1 Å². The molecule has 2 heterocycles. The maximum absolute atomic E-state index is 12.6. The van der Waals surface area contributed by atoms with Gasteiger partial charge in [-0.1, -0.05) is 18.2 Å². The molecule has 1 aliphatic rings. The molecule has 7 heteroatoms. The molecule has 7 nitrogen and oxygen atoms in total. The van der Waals surface area contributed by atoms with E-state index in [1.165, 1.54) is 0 Å². The summed E-state index contributed by atoms with van der Waals surface area (Å²) in [5.74, 6) is 1.41. The highest BCUT2D eigenvalue weighted by atomic mass is 16.7. The Hall–Kier alpha value is -3.22. The fourth-order valence-electron chi connectivity index (χ4n) is 3.38. The van der Waals surface area contributed by atoms with Crippen molar-refractivity contribution < 1.29 is 14.3 Å². The number of para-hydroxylation sites is 2. The second-order valence-electron chi connectivity index (χ2n) is 6.67. The van der Waals surface area contributed by atoms with Gasteiger partial charge in [-0.3, -0.25) is 13.9 Å². The number of ether oxygens (including phenoxy) is 2. The number of benzene rings is 2. The summed E-state index contributed by atoms with van der Waals surface area (Å²) in [6.07, 6.45) is 0.259. The lowest BCUT2D eigenvalue weighted by Gasteiger charge is -2.17. The normalized spacial score (nSPS) is 12.5. The van der Waals surface area contributed by atoms with Gasteiger partial charge >= 0.3 is 5.69 Å². The predicted octanol–water partition coefficient (Wildman–Crippen LogP) is 2.12. The number of amides is 1. The number of carbonyl (C=O) groups excluding carboxylic acids is 1. The number of hydrogen-bond acceptors (Lipinski definition) is 4. The van der Waals surface area contributed by atoms with Crippen molar-refractivity contribution in [2.75, 3.05) is 13.8 Å². The molecule has 2 aromatic carbocycles. The Labute approximate surface area is 156 Å². The molecule has 0 N–H and O–H groups in total. The predicted molar refractivity (Wildman–Crippen MR) is 101 cm³/mol. The SMILES string of the molecule is CN(Cc1ccc2c(c1)OCO2)C(=O)CCn1c(=O)n(C)c2ccccc21. The van der Waals surface area contributed by atoms with Crippen molar-refractivity contribution >= 4 is 16.9 Å². The number of imidazole rings is 1. The highest BCUT2D eigenvalue weighted by Gasteiger charge is 2.16.